The second-order valence-corrected chi connectivity index (χ2v) is 4.79. The van der Waals surface area contributed by atoms with Gasteiger partial charge in [0, 0.05) is 0 Å². The van der Waals surface area contributed by atoms with Crippen LogP contribution in [0.3, 0.4) is 0 Å². The molecule has 0 aromatic heterocycles. The van der Waals surface area contributed by atoms with Gasteiger partial charge in [-0.3, -0.25) is 0 Å². The van der Waals surface area contributed by atoms with Crippen LogP contribution in [0.25, 0.3) is 0 Å². The van der Waals surface area contributed by atoms with Crippen molar-refractivity contribution in [2.75, 3.05) is 0 Å². The average Bonchev–Trinajstić information content (AvgIpc) is 2.11. The normalized spacial score (nSPS) is 16.2. The molecule has 2 unspecified atom stereocenters. The Morgan fingerprint density at radius 2 is 1.46 bits per heavy atom. The van der Waals surface area contributed by atoms with Crippen LogP contribution in [-0.2, 0) is 0 Å². The van der Waals surface area contributed by atoms with Gasteiger partial charge in [-0.25, -0.2) is 0 Å². The Hall–Kier alpha value is 0. The van der Waals surface area contributed by atoms with Gasteiger partial charge in [0.2, 0.25) is 0 Å². The molecule has 0 spiro atoms. The first-order chi connectivity index (χ1) is 6.13. The second-order valence-electron chi connectivity index (χ2n) is 4.79. The smallest absolute Gasteiger partial charge is 0.0386 e. The molecule has 0 N–H and O–H groups in total. The maximum atomic E-state index is 2.43. The molecule has 0 rings (SSSR count). The summed E-state index contributed by atoms with van der Waals surface area (Å²) >= 11 is 0. The third-order valence-corrected chi connectivity index (χ3v) is 3.38. The van der Waals surface area contributed by atoms with Crippen molar-refractivity contribution in [3.8, 4) is 0 Å². The Morgan fingerprint density at radius 3 is 1.85 bits per heavy atom. The number of rotatable bonds is 7. The van der Waals surface area contributed by atoms with Gasteiger partial charge in [0.25, 0.3) is 0 Å². The molecule has 0 saturated carbocycles. The molecule has 0 aromatic rings. The van der Waals surface area contributed by atoms with Crippen LogP contribution < -0.4 is 0 Å². The zero-order valence-corrected chi connectivity index (χ0v) is 10.3. The molecule has 0 nitrogen and oxygen atoms in total. The van der Waals surface area contributed by atoms with Crippen molar-refractivity contribution in [3.63, 3.8) is 0 Å². The summed E-state index contributed by atoms with van der Waals surface area (Å²) in [7, 11) is 0. The lowest BCUT2D eigenvalue weighted by Gasteiger charge is -2.26. The van der Waals surface area contributed by atoms with Gasteiger partial charge in [-0.1, -0.05) is 66.7 Å². The third-order valence-electron chi connectivity index (χ3n) is 3.38. The van der Waals surface area contributed by atoms with Gasteiger partial charge >= 0.3 is 0 Å². The minimum atomic E-state index is 0.855. The summed E-state index contributed by atoms with van der Waals surface area (Å²) < 4.78 is 0. The second kappa shape index (κ2) is 7.41. The van der Waals surface area contributed by atoms with E-state index in [0.29, 0.717) is 0 Å². The quantitative estimate of drug-likeness (QED) is 0.528. The van der Waals surface area contributed by atoms with E-state index in [1.807, 2.05) is 0 Å². The number of hydrogen-bond donors (Lipinski definition) is 0. The molecule has 0 heterocycles. The molecular weight excluding hydrogens is 156 g/mol. The SMILES string of the molecule is CCCCC(CCC)C(C)C(C)C. The predicted molar refractivity (Wildman–Crippen MR) is 61.9 cm³/mol. The minimum absolute atomic E-state index is 0.855. The molecule has 80 valence electrons. The summed E-state index contributed by atoms with van der Waals surface area (Å²) in [6, 6.07) is 0. The lowest BCUT2D eigenvalue weighted by molar-refractivity contribution is 0.242. The maximum absolute atomic E-state index is 2.43. The fraction of sp³-hybridized carbons (Fsp3) is 1.00. The number of hydrogen-bond acceptors (Lipinski definition) is 0. The molecule has 0 radical (unpaired) electrons. The highest BCUT2D eigenvalue weighted by molar-refractivity contribution is 4.68. The molecule has 13 heavy (non-hydrogen) atoms. The van der Waals surface area contributed by atoms with Gasteiger partial charge in [-0.15, -0.1) is 0 Å². The van der Waals surface area contributed by atoms with Gasteiger partial charge in [0.05, 0.1) is 0 Å². The molecule has 0 fully saturated rings. The van der Waals surface area contributed by atoms with Gasteiger partial charge in [-0.05, 0) is 17.8 Å². The standard InChI is InChI=1S/C13H28/c1-6-8-10-13(9-7-2)12(5)11(3)4/h11-13H,6-10H2,1-5H3. The van der Waals surface area contributed by atoms with E-state index in [1.54, 1.807) is 0 Å². The Bertz CT molecular complexity index is 105. The molecule has 0 aliphatic heterocycles. The van der Waals surface area contributed by atoms with Crippen LogP contribution in [0.1, 0.15) is 66.7 Å². The highest BCUT2D eigenvalue weighted by atomic mass is 14.2. The molecule has 0 aliphatic carbocycles. The first-order valence-corrected chi connectivity index (χ1v) is 6.13. The maximum Gasteiger partial charge on any atom is -0.0386 e. The van der Waals surface area contributed by atoms with Gasteiger partial charge < -0.3 is 0 Å². The molecule has 0 heteroatoms. The monoisotopic (exact) mass is 184 g/mol. The van der Waals surface area contributed by atoms with Crippen molar-refractivity contribution in [3.05, 3.63) is 0 Å². The third kappa shape index (κ3) is 5.33. The van der Waals surface area contributed by atoms with Crippen LogP contribution in [-0.4, -0.2) is 0 Å². The Labute approximate surface area is 85.1 Å². The van der Waals surface area contributed by atoms with E-state index in [0.717, 1.165) is 17.8 Å². The van der Waals surface area contributed by atoms with E-state index in [-0.39, 0.29) is 0 Å². The lowest BCUT2D eigenvalue weighted by atomic mass is 9.79. The van der Waals surface area contributed by atoms with E-state index < -0.39 is 0 Å². The molecule has 0 aliphatic rings. The Morgan fingerprint density at radius 1 is 0.846 bits per heavy atom. The lowest BCUT2D eigenvalue weighted by Crippen LogP contribution is -2.17. The average molecular weight is 184 g/mol. The Balaban J connectivity index is 3.90. The van der Waals surface area contributed by atoms with Crippen molar-refractivity contribution in [1.82, 2.24) is 0 Å². The first kappa shape index (κ1) is 13.0. The predicted octanol–water partition coefficient (Wildman–Crippen LogP) is 4.89. The molecule has 0 bridgehead atoms. The Kier molecular flexibility index (Phi) is 7.41. The fourth-order valence-corrected chi connectivity index (χ4v) is 2.05. The largest absolute Gasteiger partial charge is 0.0654 e. The van der Waals surface area contributed by atoms with E-state index in [1.165, 1.54) is 32.1 Å². The summed E-state index contributed by atoms with van der Waals surface area (Å²) in [5.41, 5.74) is 0. The van der Waals surface area contributed by atoms with Gasteiger partial charge in [0.15, 0.2) is 0 Å². The van der Waals surface area contributed by atoms with E-state index in [4.69, 9.17) is 0 Å². The topological polar surface area (TPSA) is 0 Å². The van der Waals surface area contributed by atoms with Crippen molar-refractivity contribution in [1.29, 1.82) is 0 Å². The molecule has 0 aromatic carbocycles. The van der Waals surface area contributed by atoms with Crippen LogP contribution in [0.2, 0.25) is 0 Å². The zero-order chi connectivity index (χ0) is 10.3. The summed E-state index contributed by atoms with van der Waals surface area (Å²) in [6.07, 6.45) is 7.00. The summed E-state index contributed by atoms with van der Waals surface area (Å²) in [4.78, 5) is 0. The minimum Gasteiger partial charge on any atom is -0.0654 e. The zero-order valence-electron chi connectivity index (χ0n) is 10.3. The highest BCUT2D eigenvalue weighted by Gasteiger charge is 2.18. The van der Waals surface area contributed by atoms with E-state index >= 15 is 0 Å². The van der Waals surface area contributed by atoms with Crippen molar-refractivity contribution in [2.24, 2.45) is 17.8 Å². The molecule has 2 atom stereocenters. The highest BCUT2D eigenvalue weighted by Crippen LogP contribution is 2.28. The summed E-state index contributed by atoms with van der Waals surface area (Å²) in [5, 5.41) is 0. The van der Waals surface area contributed by atoms with Crippen molar-refractivity contribution >= 4 is 0 Å². The van der Waals surface area contributed by atoms with E-state index in [9.17, 15) is 0 Å². The van der Waals surface area contributed by atoms with Crippen LogP contribution in [0, 0.1) is 17.8 Å². The first-order valence-electron chi connectivity index (χ1n) is 6.13. The summed E-state index contributed by atoms with van der Waals surface area (Å²) in [5.74, 6) is 2.74. The fourth-order valence-electron chi connectivity index (χ4n) is 2.05. The van der Waals surface area contributed by atoms with Crippen LogP contribution >= 0.6 is 0 Å². The van der Waals surface area contributed by atoms with Crippen LogP contribution in [0.4, 0.5) is 0 Å². The van der Waals surface area contributed by atoms with Crippen molar-refractivity contribution in [2.45, 2.75) is 66.7 Å². The molecule has 0 amide bonds. The van der Waals surface area contributed by atoms with Gasteiger partial charge in [-0.2, -0.15) is 0 Å². The molecular formula is C13H28. The van der Waals surface area contributed by atoms with Gasteiger partial charge in [0.1, 0.15) is 0 Å². The van der Waals surface area contributed by atoms with Crippen LogP contribution in [0.5, 0.6) is 0 Å². The summed E-state index contributed by atoms with van der Waals surface area (Å²) in [6.45, 7) is 11.8. The van der Waals surface area contributed by atoms with E-state index in [2.05, 4.69) is 34.6 Å². The van der Waals surface area contributed by atoms with Crippen molar-refractivity contribution < 1.29 is 0 Å². The number of unbranched alkanes of at least 4 members (excludes halogenated alkanes) is 1. The molecule has 0 saturated heterocycles. The van der Waals surface area contributed by atoms with Crippen LogP contribution in [0.15, 0.2) is 0 Å².